The van der Waals surface area contributed by atoms with Gasteiger partial charge in [-0.3, -0.25) is 9.59 Å². The van der Waals surface area contributed by atoms with Crippen LogP contribution in [0.15, 0.2) is 54.6 Å². The van der Waals surface area contributed by atoms with Gasteiger partial charge < -0.3 is 9.80 Å². The van der Waals surface area contributed by atoms with Gasteiger partial charge in [-0.2, -0.15) is 0 Å². The first kappa shape index (κ1) is 18.2. The normalized spacial score (nSPS) is 16.8. The van der Waals surface area contributed by atoms with Crippen molar-refractivity contribution in [1.29, 1.82) is 0 Å². The van der Waals surface area contributed by atoms with Gasteiger partial charge in [0, 0.05) is 31.7 Å². The van der Waals surface area contributed by atoms with Crippen molar-refractivity contribution in [2.75, 3.05) is 18.0 Å². The summed E-state index contributed by atoms with van der Waals surface area (Å²) in [6.45, 7) is 5.78. The summed E-state index contributed by atoms with van der Waals surface area (Å²) < 4.78 is 0. The van der Waals surface area contributed by atoms with Crippen LogP contribution < -0.4 is 4.90 Å². The Morgan fingerprint density at radius 1 is 1.08 bits per heavy atom. The predicted octanol–water partition coefficient (Wildman–Crippen LogP) is 3.65. The molecule has 2 aromatic rings. The number of hydrogen-bond acceptors (Lipinski definition) is 2. The number of nitrogens with zero attached hydrogens (tertiary/aromatic N) is 2. The molecule has 1 saturated heterocycles. The molecule has 2 amide bonds. The Bertz CT molecular complexity index is 773. The lowest BCUT2D eigenvalue weighted by Crippen LogP contribution is -2.37. The average Bonchev–Trinajstić information content (AvgIpc) is 3.07. The summed E-state index contributed by atoms with van der Waals surface area (Å²) in [6, 6.07) is 18.0. The van der Waals surface area contributed by atoms with Crippen molar-refractivity contribution in [2.45, 2.75) is 33.2 Å². The van der Waals surface area contributed by atoms with E-state index < -0.39 is 0 Å². The maximum Gasteiger partial charge on any atom is 0.228 e. The van der Waals surface area contributed by atoms with Crippen LogP contribution in [0.3, 0.4) is 0 Å². The monoisotopic (exact) mass is 350 g/mol. The van der Waals surface area contributed by atoms with Crippen LogP contribution in [0.1, 0.15) is 31.4 Å². The van der Waals surface area contributed by atoms with E-state index in [1.165, 1.54) is 0 Å². The molecular formula is C22H26N2O2. The second-order valence-corrected chi connectivity index (χ2v) is 6.73. The topological polar surface area (TPSA) is 40.6 Å². The summed E-state index contributed by atoms with van der Waals surface area (Å²) in [5, 5.41) is 0. The average molecular weight is 350 g/mol. The van der Waals surface area contributed by atoms with Gasteiger partial charge in [-0.25, -0.2) is 0 Å². The molecule has 1 atom stereocenters. The largest absolute Gasteiger partial charge is 0.338 e. The Hall–Kier alpha value is -2.62. The van der Waals surface area contributed by atoms with E-state index in [-0.39, 0.29) is 17.7 Å². The predicted molar refractivity (Wildman–Crippen MR) is 104 cm³/mol. The fourth-order valence-electron chi connectivity index (χ4n) is 3.59. The van der Waals surface area contributed by atoms with Gasteiger partial charge >= 0.3 is 0 Å². The van der Waals surface area contributed by atoms with Crippen molar-refractivity contribution in [3.05, 3.63) is 65.7 Å². The molecule has 4 heteroatoms. The van der Waals surface area contributed by atoms with Crippen LogP contribution in [0.2, 0.25) is 0 Å². The quantitative estimate of drug-likeness (QED) is 0.798. The lowest BCUT2D eigenvalue weighted by molar-refractivity contribution is -0.136. The molecule has 136 valence electrons. The number of rotatable bonds is 6. The summed E-state index contributed by atoms with van der Waals surface area (Å²) in [6.07, 6.45) is 1.16. The first-order chi connectivity index (χ1) is 12.6. The Kier molecular flexibility index (Phi) is 5.71. The number of hydrogen-bond donors (Lipinski definition) is 0. The maximum atomic E-state index is 13.0. The highest BCUT2D eigenvalue weighted by Crippen LogP contribution is 2.29. The smallest absolute Gasteiger partial charge is 0.228 e. The number of anilines is 1. The molecular weight excluding hydrogens is 324 g/mol. The van der Waals surface area contributed by atoms with Gasteiger partial charge in [0.05, 0.1) is 5.92 Å². The lowest BCUT2D eigenvalue weighted by Gasteiger charge is -2.25. The van der Waals surface area contributed by atoms with E-state index in [1.807, 2.05) is 66.4 Å². The Morgan fingerprint density at radius 2 is 1.77 bits per heavy atom. The highest BCUT2D eigenvalue weighted by molar-refractivity contribution is 6.00. The first-order valence-electron chi connectivity index (χ1n) is 9.35. The zero-order chi connectivity index (χ0) is 18.5. The minimum atomic E-state index is -0.268. The van der Waals surface area contributed by atoms with Gasteiger partial charge in [-0.15, -0.1) is 0 Å². The van der Waals surface area contributed by atoms with Crippen LogP contribution in [0, 0.1) is 5.92 Å². The van der Waals surface area contributed by atoms with Crippen molar-refractivity contribution in [2.24, 2.45) is 5.92 Å². The van der Waals surface area contributed by atoms with E-state index in [4.69, 9.17) is 0 Å². The minimum Gasteiger partial charge on any atom is -0.338 e. The third kappa shape index (κ3) is 3.79. The Morgan fingerprint density at radius 3 is 2.46 bits per heavy atom. The molecule has 1 heterocycles. The molecule has 0 N–H and O–H groups in total. The molecule has 1 unspecified atom stereocenters. The molecule has 1 fully saturated rings. The number of benzene rings is 2. The summed E-state index contributed by atoms with van der Waals surface area (Å²) in [4.78, 5) is 29.2. The van der Waals surface area contributed by atoms with Crippen LogP contribution in [0.25, 0.3) is 0 Å². The van der Waals surface area contributed by atoms with Gasteiger partial charge in [0.1, 0.15) is 0 Å². The third-order valence-corrected chi connectivity index (χ3v) is 5.05. The van der Waals surface area contributed by atoms with Crippen molar-refractivity contribution in [3.63, 3.8) is 0 Å². The van der Waals surface area contributed by atoms with Crippen LogP contribution in [-0.2, 0) is 22.6 Å². The summed E-state index contributed by atoms with van der Waals surface area (Å²) in [7, 11) is 0. The van der Waals surface area contributed by atoms with Gasteiger partial charge in [0.15, 0.2) is 0 Å². The molecule has 4 nitrogen and oxygen atoms in total. The van der Waals surface area contributed by atoms with Crippen molar-refractivity contribution < 1.29 is 9.59 Å². The molecule has 26 heavy (non-hydrogen) atoms. The van der Waals surface area contributed by atoms with Crippen LogP contribution >= 0.6 is 0 Å². The number of amides is 2. The standard InChI is InChI=1S/C22H26N2O2/c1-3-18-12-8-9-13-20(18)24-16-19(14-21(24)25)22(26)23(4-2)15-17-10-6-5-7-11-17/h5-13,19H,3-4,14-16H2,1-2H3. The van der Waals surface area contributed by atoms with E-state index in [0.29, 0.717) is 26.1 Å². The SMILES string of the molecule is CCc1ccccc1N1CC(C(=O)N(CC)Cc2ccccc2)CC1=O. The fraction of sp³-hybridized carbons (Fsp3) is 0.364. The van der Waals surface area contributed by atoms with Crippen LogP contribution in [0.5, 0.6) is 0 Å². The van der Waals surface area contributed by atoms with Crippen LogP contribution in [-0.4, -0.2) is 29.8 Å². The second kappa shape index (κ2) is 8.17. The molecule has 0 bridgehead atoms. The number of carbonyl (C=O) groups excluding carboxylic acids is 2. The fourth-order valence-corrected chi connectivity index (χ4v) is 3.59. The van der Waals surface area contributed by atoms with Crippen LogP contribution in [0.4, 0.5) is 5.69 Å². The van der Waals surface area contributed by atoms with Crippen molar-refractivity contribution in [3.8, 4) is 0 Å². The zero-order valence-electron chi connectivity index (χ0n) is 15.5. The molecule has 0 aliphatic carbocycles. The number of para-hydroxylation sites is 1. The van der Waals surface area contributed by atoms with Gasteiger partial charge in [-0.05, 0) is 30.5 Å². The van der Waals surface area contributed by atoms with E-state index in [2.05, 4.69) is 6.92 Å². The number of carbonyl (C=O) groups is 2. The zero-order valence-corrected chi connectivity index (χ0v) is 15.5. The molecule has 1 aliphatic rings. The third-order valence-electron chi connectivity index (χ3n) is 5.05. The molecule has 0 saturated carbocycles. The molecule has 0 spiro atoms. The lowest BCUT2D eigenvalue weighted by atomic mass is 10.1. The van der Waals surface area contributed by atoms with E-state index >= 15 is 0 Å². The van der Waals surface area contributed by atoms with Gasteiger partial charge in [-0.1, -0.05) is 55.5 Å². The first-order valence-corrected chi connectivity index (χ1v) is 9.35. The second-order valence-electron chi connectivity index (χ2n) is 6.73. The molecule has 0 radical (unpaired) electrons. The van der Waals surface area contributed by atoms with E-state index in [1.54, 1.807) is 4.90 Å². The Labute approximate surface area is 155 Å². The minimum absolute atomic E-state index is 0.0417. The molecule has 0 aromatic heterocycles. The molecule has 2 aromatic carbocycles. The Balaban J connectivity index is 1.73. The summed E-state index contributed by atoms with van der Waals surface area (Å²) in [5.41, 5.74) is 3.20. The highest BCUT2D eigenvalue weighted by Gasteiger charge is 2.37. The summed E-state index contributed by atoms with van der Waals surface area (Å²) >= 11 is 0. The maximum absolute atomic E-state index is 13.0. The van der Waals surface area contributed by atoms with Crippen molar-refractivity contribution in [1.82, 2.24) is 4.90 Å². The molecule has 1 aliphatic heterocycles. The highest BCUT2D eigenvalue weighted by atomic mass is 16.2. The number of aryl methyl sites for hydroxylation is 1. The summed E-state index contributed by atoms with van der Waals surface area (Å²) in [5.74, 6) is -0.155. The van der Waals surface area contributed by atoms with Crippen molar-refractivity contribution >= 4 is 17.5 Å². The van der Waals surface area contributed by atoms with E-state index in [0.717, 1.165) is 23.2 Å². The van der Waals surface area contributed by atoms with Gasteiger partial charge in [0.25, 0.3) is 0 Å². The van der Waals surface area contributed by atoms with E-state index in [9.17, 15) is 9.59 Å². The molecule has 3 rings (SSSR count). The van der Waals surface area contributed by atoms with Gasteiger partial charge in [0.2, 0.25) is 11.8 Å².